The first kappa shape index (κ1) is 11.6. The first-order valence-electron chi connectivity index (χ1n) is 5.45. The molecule has 1 heterocycles. The summed E-state index contributed by atoms with van der Waals surface area (Å²) >= 11 is 0. The van der Waals surface area contributed by atoms with Crippen LogP contribution in [0.25, 0.3) is 5.70 Å². The molecule has 0 aliphatic carbocycles. The molecule has 0 saturated carbocycles. The monoisotopic (exact) mass is 230 g/mol. The average molecular weight is 230 g/mol. The van der Waals surface area contributed by atoms with Crippen LogP contribution < -0.4 is 5.43 Å². The summed E-state index contributed by atoms with van der Waals surface area (Å²) in [5.41, 5.74) is 6.12. The number of hydrogen-bond donors (Lipinski definition) is 1. The first-order chi connectivity index (χ1) is 8.15. The predicted molar refractivity (Wildman–Crippen MR) is 68.3 cm³/mol. The van der Waals surface area contributed by atoms with Gasteiger partial charge in [-0.25, -0.2) is 9.82 Å². The van der Waals surface area contributed by atoms with Crippen molar-refractivity contribution in [3.8, 4) is 0 Å². The van der Waals surface area contributed by atoms with Crippen LogP contribution in [0.15, 0.2) is 60.1 Å². The number of allylic oxidation sites excluding steroid dienone is 3. The molecule has 1 aromatic carbocycles. The van der Waals surface area contributed by atoms with Gasteiger partial charge in [-0.05, 0) is 24.1 Å². The standard InChI is InChI=1S/C14H15FN2/c1-10-9-13(15)11(2)17(16-3)14(10)12-7-5-4-6-8-12/h4-9,16H,2H2,1,3H3. The van der Waals surface area contributed by atoms with E-state index in [0.29, 0.717) is 5.70 Å². The van der Waals surface area contributed by atoms with E-state index in [2.05, 4.69) is 12.0 Å². The Kier molecular flexibility index (Phi) is 3.11. The summed E-state index contributed by atoms with van der Waals surface area (Å²) in [5.74, 6) is -0.309. The van der Waals surface area contributed by atoms with Crippen molar-refractivity contribution in [2.24, 2.45) is 0 Å². The zero-order chi connectivity index (χ0) is 12.4. The lowest BCUT2D eigenvalue weighted by Gasteiger charge is -2.31. The lowest BCUT2D eigenvalue weighted by Crippen LogP contribution is -2.34. The normalized spacial score (nSPS) is 16.3. The van der Waals surface area contributed by atoms with E-state index in [1.807, 2.05) is 37.3 Å². The average Bonchev–Trinajstić information content (AvgIpc) is 2.34. The molecule has 0 unspecified atom stereocenters. The van der Waals surface area contributed by atoms with Crippen LogP contribution >= 0.6 is 0 Å². The molecule has 17 heavy (non-hydrogen) atoms. The second-order valence-corrected chi connectivity index (χ2v) is 3.90. The van der Waals surface area contributed by atoms with Gasteiger partial charge in [-0.1, -0.05) is 36.9 Å². The number of rotatable bonds is 2. The van der Waals surface area contributed by atoms with Gasteiger partial charge in [-0.3, -0.25) is 5.01 Å². The number of benzene rings is 1. The molecule has 0 atom stereocenters. The number of hydrogen-bond acceptors (Lipinski definition) is 2. The molecule has 0 spiro atoms. The Balaban J connectivity index is 2.56. The topological polar surface area (TPSA) is 15.3 Å². The van der Waals surface area contributed by atoms with E-state index >= 15 is 0 Å². The number of halogens is 1. The third-order valence-electron chi connectivity index (χ3n) is 2.76. The lowest BCUT2D eigenvalue weighted by molar-refractivity contribution is 0.377. The predicted octanol–water partition coefficient (Wildman–Crippen LogP) is 3.23. The number of hydrazine groups is 1. The lowest BCUT2D eigenvalue weighted by atomic mass is 10.0. The Morgan fingerprint density at radius 3 is 2.47 bits per heavy atom. The molecule has 0 fully saturated rings. The van der Waals surface area contributed by atoms with Crippen molar-refractivity contribution in [1.82, 2.24) is 10.4 Å². The molecule has 3 heteroatoms. The van der Waals surface area contributed by atoms with Crippen LogP contribution in [-0.4, -0.2) is 12.1 Å². The number of nitrogens with one attached hydrogen (secondary N) is 1. The van der Waals surface area contributed by atoms with Gasteiger partial charge < -0.3 is 0 Å². The molecule has 0 aromatic heterocycles. The maximum absolute atomic E-state index is 13.6. The molecule has 88 valence electrons. The summed E-state index contributed by atoms with van der Waals surface area (Å²) < 4.78 is 13.6. The van der Waals surface area contributed by atoms with Crippen LogP contribution in [0.5, 0.6) is 0 Å². The summed E-state index contributed by atoms with van der Waals surface area (Å²) in [6.07, 6.45) is 1.51. The van der Waals surface area contributed by atoms with Gasteiger partial charge in [-0.2, -0.15) is 0 Å². The van der Waals surface area contributed by atoms with Crippen molar-refractivity contribution >= 4 is 5.70 Å². The highest BCUT2D eigenvalue weighted by Crippen LogP contribution is 2.33. The minimum atomic E-state index is -0.309. The van der Waals surface area contributed by atoms with Crippen molar-refractivity contribution in [3.05, 3.63) is 65.6 Å². The fraction of sp³-hybridized carbons (Fsp3) is 0.143. The van der Waals surface area contributed by atoms with Crippen LogP contribution in [0.1, 0.15) is 12.5 Å². The van der Waals surface area contributed by atoms with Gasteiger partial charge in [0.15, 0.2) is 0 Å². The Morgan fingerprint density at radius 2 is 1.88 bits per heavy atom. The van der Waals surface area contributed by atoms with Crippen LogP contribution in [0, 0.1) is 0 Å². The third kappa shape index (κ3) is 2.01. The highest BCUT2D eigenvalue weighted by atomic mass is 19.1. The van der Waals surface area contributed by atoms with Gasteiger partial charge in [0, 0.05) is 7.05 Å². The van der Waals surface area contributed by atoms with Gasteiger partial charge in [0.05, 0.1) is 11.4 Å². The van der Waals surface area contributed by atoms with Gasteiger partial charge in [0.2, 0.25) is 0 Å². The molecule has 1 aliphatic rings. The second kappa shape index (κ2) is 4.55. The molecule has 0 amide bonds. The van der Waals surface area contributed by atoms with Gasteiger partial charge in [0.1, 0.15) is 5.83 Å². The van der Waals surface area contributed by atoms with E-state index in [0.717, 1.165) is 16.8 Å². The van der Waals surface area contributed by atoms with Crippen molar-refractivity contribution in [2.45, 2.75) is 6.92 Å². The van der Waals surface area contributed by atoms with Crippen molar-refractivity contribution in [3.63, 3.8) is 0 Å². The van der Waals surface area contributed by atoms with Crippen molar-refractivity contribution < 1.29 is 4.39 Å². The Morgan fingerprint density at radius 1 is 1.24 bits per heavy atom. The molecule has 1 aromatic rings. The van der Waals surface area contributed by atoms with E-state index < -0.39 is 0 Å². The van der Waals surface area contributed by atoms with Gasteiger partial charge in [-0.15, -0.1) is 0 Å². The Hall–Kier alpha value is -1.87. The fourth-order valence-electron chi connectivity index (χ4n) is 1.96. The third-order valence-corrected chi connectivity index (χ3v) is 2.76. The summed E-state index contributed by atoms with van der Waals surface area (Å²) in [6, 6.07) is 9.86. The summed E-state index contributed by atoms with van der Waals surface area (Å²) in [6.45, 7) is 5.63. The second-order valence-electron chi connectivity index (χ2n) is 3.90. The molecule has 0 radical (unpaired) electrons. The van der Waals surface area contributed by atoms with Crippen molar-refractivity contribution in [2.75, 3.05) is 7.05 Å². The molecule has 0 saturated heterocycles. The van der Waals surface area contributed by atoms with E-state index in [1.165, 1.54) is 6.08 Å². The quantitative estimate of drug-likeness (QED) is 0.839. The highest BCUT2D eigenvalue weighted by molar-refractivity contribution is 5.73. The zero-order valence-electron chi connectivity index (χ0n) is 10.00. The minimum Gasteiger partial charge on any atom is -0.274 e. The van der Waals surface area contributed by atoms with Crippen LogP contribution in [0.4, 0.5) is 4.39 Å². The molecule has 1 aliphatic heterocycles. The molecule has 0 bridgehead atoms. The smallest absolute Gasteiger partial charge is 0.148 e. The van der Waals surface area contributed by atoms with Crippen LogP contribution in [0.2, 0.25) is 0 Å². The van der Waals surface area contributed by atoms with E-state index in [1.54, 1.807) is 12.1 Å². The van der Waals surface area contributed by atoms with Crippen LogP contribution in [0.3, 0.4) is 0 Å². The van der Waals surface area contributed by atoms with E-state index in [4.69, 9.17) is 0 Å². The highest BCUT2D eigenvalue weighted by Gasteiger charge is 2.22. The maximum atomic E-state index is 13.6. The zero-order valence-corrected chi connectivity index (χ0v) is 10.00. The minimum absolute atomic E-state index is 0.309. The molecule has 1 N–H and O–H groups in total. The summed E-state index contributed by atoms with van der Waals surface area (Å²) in [4.78, 5) is 0. The van der Waals surface area contributed by atoms with Crippen molar-refractivity contribution in [1.29, 1.82) is 0 Å². The summed E-state index contributed by atoms with van der Waals surface area (Å²) in [5, 5.41) is 1.67. The Labute approximate surface area is 101 Å². The summed E-state index contributed by atoms with van der Waals surface area (Å²) in [7, 11) is 1.75. The Bertz CT molecular complexity index is 500. The van der Waals surface area contributed by atoms with Crippen LogP contribution in [-0.2, 0) is 0 Å². The molecule has 2 rings (SSSR count). The largest absolute Gasteiger partial charge is 0.274 e. The maximum Gasteiger partial charge on any atom is 0.148 e. The fourth-order valence-corrected chi connectivity index (χ4v) is 1.96. The molecule has 2 nitrogen and oxygen atoms in total. The SMILES string of the molecule is C=C1C(F)=CC(C)=C(c2ccccc2)N1NC. The number of nitrogens with zero attached hydrogens (tertiary/aromatic N) is 1. The van der Waals surface area contributed by atoms with E-state index in [-0.39, 0.29) is 5.83 Å². The van der Waals surface area contributed by atoms with Gasteiger partial charge in [0.25, 0.3) is 0 Å². The molecular weight excluding hydrogens is 215 g/mol. The van der Waals surface area contributed by atoms with E-state index in [9.17, 15) is 4.39 Å². The first-order valence-corrected chi connectivity index (χ1v) is 5.45. The molecular formula is C14H15FN2. The van der Waals surface area contributed by atoms with Gasteiger partial charge >= 0.3 is 0 Å².